The first-order chi connectivity index (χ1) is 15.4. The fourth-order valence-corrected chi connectivity index (χ4v) is 3.89. The number of pyridine rings is 1. The van der Waals surface area contributed by atoms with Gasteiger partial charge in [-0.05, 0) is 45.0 Å². The molecule has 170 valence electrons. The number of aromatic nitrogens is 3. The van der Waals surface area contributed by atoms with Crippen LogP contribution >= 0.6 is 0 Å². The third kappa shape index (κ3) is 5.24. The zero-order chi connectivity index (χ0) is 22.7. The highest BCUT2D eigenvalue weighted by molar-refractivity contribution is 5.88. The number of nitrogens with one attached hydrogen (secondary N) is 1. The van der Waals surface area contributed by atoms with Crippen LogP contribution in [-0.4, -0.2) is 77.0 Å². The van der Waals surface area contributed by atoms with Crippen LogP contribution in [0.3, 0.4) is 0 Å². The SMILES string of the molecule is CCc1nccc(-c2c[nH]c(=O)c(N(CC3CC3)C3CN(C(=O)/C=C/CN(C)C)C3)c2)n1. The number of nitrogens with zero attached hydrogens (tertiary/aromatic N) is 5. The molecule has 1 N–H and O–H groups in total. The Balaban J connectivity index is 1.52. The van der Waals surface area contributed by atoms with Crippen LogP contribution in [-0.2, 0) is 11.2 Å². The Labute approximate surface area is 189 Å². The monoisotopic (exact) mass is 436 g/mol. The number of H-pyrrole nitrogens is 1. The first-order valence-corrected chi connectivity index (χ1v) is 11.4. The molecule has 32 heavy (non-hydrogen) atoms. The summed E-state index contributed by atoms with van der Waals surface area (Å²) in [5.74, 6) is 1.43. The maximum Gasteiger partial charge on any atom is 0.271 e. The minimum atomic E-state index is -0.102. The lowest BCUT2D eigenvalue weighted by atomic mass is 10.0. The van der Waals surface area contributed by atoms with E-state index >= 15 is 0 Å². The van der Waals surface area contributed by atoms with Crippen molar-refractivity contribution < 1.29 is 4.79 Å². The van der Waals surface area contributed by atoms with Crippen molar-refractivity contribution in [1.29, 1.82) is 0 Å². The van der Waals surface area contributed by atoms with Crippen LogP contribution in [0, 0.1) is 5.92 Å². The molecule has 0 radical (unpaired) electrons. The van der Waals surface area contributed by atoms with E-state index in [0.717, 1.165) is 36.6 Å². The Morgan fingerprint density at radius 3 is 2.78 bits per heavy atom. The maximum atomic E-state index is 12.8. The molecule has 0 spiro atoms. The van der Waals surface area contributed by atoms with Gasteiger partial charge in [0.15, 0.2) is 0 Å². The van der Waals surface area contributed by atoms with Gasteiger partial charge in [0.25, 0.3) is 5.56 Å². The number of aromatic amines is 1. The van der Waals surface area contributed by atoms with Gasteiger partial charge in [-0.3, -0.25) is 9.59 Å². The Hall–Kier alpha value is -3.00. The molecule has 1 amide bonds. The van der Waals surface area contributed by atoms with Gasteiger partial charge in [0, 0.05) is 56.6 Å². The van der Waals surface area contributed by atoms with E-state index < -0.39 is 0 Å². The molecule has 8 nitrogen and oxygen atoms in total. The predicted molar refractivity (Wildman–Crippen MR) is 126 cm³/mol. The Morgan fingerprint density at radius 2 is 2.09 bits per heavy atom. The Bertz CT molecular complexity index is 1040. The summed E-state index contributed by atoms with van der Waals surface area (Å²) in [6.45, 7) is 4.87. The molecule has 8 heteroatoms. The molecule has 2 fully saturated rings. The topological polar surface area (TPSA) is 85.4 Å². The van der Waals surface area contributed by atoms with Crippen molar-refractivity contribution in [3.63, 3.8) is 0 Å². The van der Waals surface area contributed by atoms with E-state index in [1.165, 1.54) is 12.8 Å². The first-order valence-electron chi connectivity index (χ1n) is 11.4. The summed E-state index contributed by atoms with van der Waals surface area (Å²) in [5.41, 5.74) is 2.23. The summed E-state index contributed by atoms with van der Waals surface area (Å²) in [5, 5.41) is 0. The van der Waals surface area contributed by atoms with E-state index in [1.54, 1.807) is 18.5 Å². The van der Waals surface area contributed by atoms with Gasteiger partial charge in [0.05, 0.1) is 11.7 Å². The average molecular weight is 437 g/mol. The quantitative estimate of drug-likeness (QED) is 0.605. The van der Waals surface area contributed by atoms with Gasteiger partial charge in [0.2, 0.25) is 5.91 Å². The van der Waals surface area contributed by atoms with Crippen LogP contribution in [0.1, 0.15) is 25.6 Å². The van der Waals surface area contributed by atoms with E-state index in [2.05, 4.69) is 19.9 Å². The number of rotatable bonds is 9. The zero-order valence-corrected chi connectivity index (χ0v) is 19.1. The van der Waals surface area contributed by atoms with Crippen LogP contribution in [0.5, 0.6) is 0 Å². The number of hydrogen-bond acceptors (Lipinski definition) is 6. The van der Waals surface area contributed by atoms with E-state index in [-0.39, 0.29) is 17.5 Å². The fourth-order valence-electron chi connectivity index (χ4n) is 3.89. The molecule has 0 unspecified atom stereocenters. The molecule has 1 saturated heterocycles. The largest absolute Gasteiger partial charge is 0.360 e. The summed E-state index contributed by atoms with van der Waals surface area (Å²) < 4.78 is 0. The number of anilines is 1. The average Bonchev–Trinajstić information content (AvgIpc) is 3.56. The normalized spacial score (nSPS) is 16.6. The van der Waals surface area contributed by atoms with Crippen LogP contribution in [0.25, 0.3) is 11.3 Å². The summed E-state index contributed by atoms with van der Waals surface area (Å²) in [7, 11) is 3.95. The highest BCUT2D eigenvalue weighted by Gasteiger charge is 2.37. The molecule has 0 aromatic carbocycles. The lowest BCUT2D eigenvalue weighted by Gasteiger charge is -2.46. The van der Waals surface area contributed by atoms with Crippen molar-refractivity contribution in [3.8, 4) is 11.3 Å². The standard InChI is InChI=1S/C24H32N6O2/c1-4-22-25-10-9-20(27-22)18-12-21(24(32)26-13-18)30(14-17-7-8-17)19-15-29(16-19)23(31)6-5-11-28(2)3/h5-6,9-10,12-13,17,19H,4,7-8,11,14-16H2,1-3H3,(H,26,32)/b6-5+. The molecule has 2 aromatic heterocycles. The molecule has 0 atom stereocenters. The summed E-state index contributed by atoms with van der Waals surface area (Å²) in [6.07, 6.45) is 10.2. The number of carbonyl (C=O) groups is 1. The molecule has 2 aromatic rings. The summed E-state index contributed by atoms with van der Waals surface area (Å²) in [4.78, 5) is 43.1. The van der Waals surface area contributed by atoms with E-state index in [4.69, 9.17) is 0 Å². The molecule has 1 aliphatic heterocycles. The van der Waals surface area contributed by atoms with Crippen LogP contribution in [0.4, 0.5) is 5.69 Å². The zero-order valence-electron chi connectivity index (χ0n) is 19.1. The third-order valence-electron chi connectivity index (χ3n) is 6.01. The van der Waals surface area contributed by atoms with Crippen molar-refractivity contribution in [2.24, 2.45) is 5.92 Å². The van der Waals surface area contributed by atoms with Gasteiger partial charge in [0.1, 0.15) is 11.5 Å². The van der Waals surface area contributed by atoms with Crippen molar-refractivity contribution in [1.82, 2.24) is 24.8 Å². The molecule has 4 rings (SSSR count). The lowest BCUT2D eigenvalue weighted by Crippen LogP contribution is -2.62. The molecule has 1 aliphatic carbocycles. The number of carbonyl (C=O) groups excluding carboxylic acids is 1. The number of likely N-dealkylation sites (tertiary alicyclic amines) is 1. The van der Waals surface area contributed by atoms with Gasteiger partial charge < -0.3 is 19.7 Å². The van der Waals surface area contributed by atoms with Gasteiger partial charge in [-0.15, -0.1) is 0 Å². The molecule has 2 aliphatic rings. The lowest BCUT2D eigenvalue weighted by molar-refractivity contribution is -0.130. The second-order valence-electron chi connectivity index (χ2n) is 8.97. The Morgan fingerprint density at radius 1 is 1.31 bits per heavy atom. The molecule has 3 heterocycles. The predicted octanol–water partition coefficient (Wildman–Crippen LogP) is 1.94. The highest BCUT2D eigenvalue weighted by Crippen LogP contribution is 2.33. The smallest absolute Gasteiger partial charge is 0.271 e. The van der Waals surface area contributed by atoms with Gasteiger partial charge in [-0.25, -0.2) is 9.97 Å². The summed E-state index contributed by atoms with van der Waals surface area (Å²) >= 11 is 0. The molecular weight excluding hydrogens is 404 g/mol. The minimum Gasteiger partial charge on any atom is -0.360 e. The number of aryl methyl sites for hydroxylation is 1. The summed E-state index contributed by atoms with van der Waals surface area (Å²) in [6, 6.07) is 3.95. The van der Waals surface area contributed by atoms with Crippen molar-refractivity contribution in [2.75, 3.05) is 45.2 Å². The molecule has 1 saturated carbocycles. The highest BCUT2D eigenvalue weighted by atomic mass is 16.2. The maximum absolute atomic E-state index is 12.8. The van der Waals surface area contributed by atoms with Crippen LogP contribution in [0.15, 0.2) is 41.5 Å². The third-order valence-corrected chi connectivity index (χ3v) is 6.01. The number of amides is 1. The minimum absolute atomic E-state index is 0.0326. The van der Waals surface area contributed by atoms with E-state index in [0.29, 0.717) is 24.7 Å². The van der Waals surface area contributed by atoms with Crippen LogP contribution < -0.4 is 10.5 Å². The first kappa shape index (κ1) is 22.2. The number of likely N-dealkylation sites (N-methyl/N-ethyl adjacent to an activating group) is 1. The second-order valence-corrected chi connectivity index (χ2v) is 8.97. The van der Waals surface area contributed by atoms with E-state index in [1.807, 2.05) is 49.0 Å². The van der Waals surface area contributed by atoms with Crippen LogP contribution in [0.2, 0.25) is 0 Å². The van der Waals surface area contributed by atoms with Crippen molar-refractivity contribution >= 4 is 11.6 Å². The second kappa shape index (κ2) is 9.65. The van der Waals surface area contributed by atoms with Crippen molar-refractivity contribution in [3.05, 3.63) is 52.9 Å². The van der Waals surface area contributed by atoms with E-state index in [9.17, 15) is 9.59 Å². The molecule has 0 bridgehead atoms. The van der Waals surface area contributed by atoms with Crippen molar-refractivity contribution in [2.45, 2.75) is 32.2 Å². The fraction of sp³-hybridized carbons (Fsp3) is 0.500. The molecular formula is C24H32N6O2. The van der Waals surface area contributed by atoms with Gasteiger partial charge in [-0.1, -0.05) is 13.0 Å². The number of hydrogen-bond donors (Lipinski definition) is 1. The van der Waals surface area contributed by atoms with Gasteiger partial charge >= 0.3 is 0 Å². The Kier molecular flexibility index (Phi) is 6.69. The van der Waals surface area contributed by atoms with Gasteiger partial charge in [-0.2, -0.15) is 0 Å².